The van der Waals surface area contributed by atoms with Crippen molar-refractivity contribution >= 4 is 5.88 Å². The van der Waals surface area contributed by atoms with Gasteiger partial charge in [0.2, 0.25) is 5.88 Å². The predicted octanol–water partition coefficient (Wildman–Crippen LogP) is 3.03. The molecule has 0 unspecified atom stereocenters. The summed E-state index contributed by atoms with van der Waals surface area (Å²) in [5.41, 5.74) is 8.56. The third-order valence-electron chi connectivity index (χ3n) is 3.22. The van der Waals surface area contributed by atoms with Crippen LogP contribution < -0.4 is 15.2 Å². The summed E-state index contributed by atoms with van der Waals surface area (Å²) >= 11 is 0. The zero-order valence-electron chi connectivity index (χ0n) is 11.9. The number of aryl methyl sites for hydroxylation is 2. The van der Waals surface area contributed by atoms with E-state index in [1.807, 2.05) is 19.1 Å². The van der Waals surface area contributed by atoms with E-state index in [1.165, 1.54) is 0 Å². The molecule has 1 heterocycles. The SMILES string of the molecule is COc1cc(C)c(-c2c(C)oc(N)c2C#N)cc1OC. The molecule has 20 heavy (non-hydrogen) atoms. The molecule has 5 nitrogen and oxygen atoms in total. The Hall–Kier alpha value is -2.61. The van der Waals surface area contributed by atoms with Gasteiger partial charge in [-0.2, -0.15) is 5.26 Å². The van der Waals surface area contributed by atoms with E-state index >= 15 is 0 Å². The molecule has 0 radical (unpaired) electrons. The van der Waals surface area contributed by atoms with E-state index in [-0.39, 0.29) is 5.88 Å². The van der Waals surface area contributed by atoms with Gasteiger partial charge < -0.3 is 19.6 Å². The largest absolute Gasteiger partial charge is 0.493 e. The molecule has 1 aromatic carbocycles. The summed E-state index contributed by atoms with van der Waals surface area (Å²) in [6.45, 7) is 3.71. The number of ether oxygens (including phenoxy) is 2. The second-order valence-electron chi connectivity index (χ2n) is 4.41. The summed E-state index contributed by atoms with van der Waals surface area (Å²) in [7, 11) is 3.15. The summed E-state index contributed by atoms with van der Waals surface area (Å²) in [5.74, 6) is 1.97. The normalized spacial score (nSPS) is 10.2. The average molecular weight is 272 g/mol. The van der Waals surface area contributed by atoms with Gasteiger partial charge in [-0.1, -0.05) is 0 Å². The van der Waals surface area contributed by atoms with E-state index in [4.69, 9.17) is 19.6 Å². The lowest BCUT2D eigenvalue weighted by Crippen LogP contribution is -1.95. The van der Waals surface area contributed by atoms with Gasteiger partial charge >= 0.3 is 0 Å². The fourth-order valence-electron chi connectivity index (χ4n) is 2.25. The van der Waals surface area contributed by atoms with Gasteiger partial charge in [-0.25, -0.2) is 0 Å². The standard InChI is InChI=1S/C15H16N2O3/c1-8-5-12(18-3)13(19-4)6-10(8)14-9(2)20-15(17)11(14)7-16/h5-6H,17H2,1-4H3. The minimum Gasteiger partial charge on any atom is -0.493 e. The molecule has 0 fully saturated rings. The van der Waals surface area contributed by atoms with Crippen molar-refractivity contribution in [3.05, 3.63) is 29.0 Å². The lowest BCUT2D eigenvalue weighted by molar-refractivity contribution is 0.355. The number of anilines is 1. The number of furan rings is 1. The highest BCUT2D eigenvalue weighted by Crippen LogP contribution is 2.40. The molecule has 0 amide bonds. The van der Waals surface area contributed by atoms with Gasteiger partial charge in [0.15, 0.2) is 11.5 Å². The van der Waals surface area contributed by atoms with Gasteiger partial charge in [-0.05, 0) is 37.1 Å². The molecule has 2 rings (SSSR count). The van der Waals surface area contributed by atoms with E-state index in [0.29, 0.717) is 28.4 Å². The first-order valence-corrected chi connectivity index (χ1v) is 6.05. The molecule has 0 spiro atoms. The maximum Gasteiger partial charge on any atom is 0.209 e. The van der Waals surface area contributed by atoms with Crippen LogP contribution in [0.4, 0.5) is 5.88 Å². The number of methoxy groups -OCH3 is 2. The van der Waals surface area contributed by atoms with Crippen molar-refractivity contribution in [3.8, 4) is 28.7 Å². The summed E-state index contributed by atoms with van der Waals surface area (Å²) in [4.78, 5) is 0. The quantitative estimate of drug-likeness (QED) is 0.928. The van der Waals surface area contributed by atoms with Gasteiger partial charge in [-0.3, -0.25) is 0 Å². The third kappa shape index (κ3) is 2.05. The second kappa shape index (κ2) is 5.17. The maximum atomic E-state index is 9.25. The van der Waals surface area contributed by atoms with Crippen molar-refractivity contribution in [2.75, 3.05) is 20.0 Å². The van der Waals surface area contributed by atoms with Crippen molar-refractivity contribution in [1.82, 2.24) is 0 Å². The molecule has 2 N–H and O–H groups in total. The van der Waals surface area contributed by atoms with Crippen LogP contribution in [-0.2, 0) is 0 Å². The molecule has 0 aliphatic heterocycles. The Morgan fingerprint density at radius 1 is 1.15 bits per heavy atom. The monoisotopic (exact) mass is 272 g/mol. The van der Waals surface area contributed by atoms with Gasteiger partial charge in [-0.15, -0.1) is 0 Å². The Balaban J connectivity index is 2.74. The first kappa shape index (κ1) is 13.8. The van der Waals surface area contributed by atoms with E-state index < -0.39 is 0 Å². The molecule has 0 aliphatic rings. The Bertz CT molecular complexity index is 696. The van der Waals surface area contributed by atoms with Crippen LogP contribution in [0.1, 0.15) is 16.9 Å². The van der Waals surface area contributed by atoms with Gasteiger partial charge in [0.25, 0.3) is 0 Å². The zero-order valence-corrected chi connectivity index (χ0v) is 11.9. The number of hydrogen-bond donors (Lipinski definition) is 1. The Kier molecular flexibility index (Phi) is 3.57. The number of benzene rings is 1. The third-order valence-corrected chi connectivity index (χ3v) is 3.22. The van der Waals surface area contributed by atoms with Gasteiger partial charge in [0.05, 0.1) is 14.2 Å². The van der Waals surface area contributed by atoms with Crippen LogP contribution >= 0.6 is 0 Å². The van der Waals surface area contributed by atoms with Crippen LogP contribution in [0.2, 0.25) is 0 Å². The molecular formula is C15H16N2O3. The molecule has 0 saturated carbocycles. The number of rotatable bonds is 3. The molecule has 5 heteroatoms. The van der Waals surface area contributed by atoms with Crippen molar-refractivity contribution in [3.63, 3.8) is 0 Å². The minimum absolute atomic E-state index is 0.134. The Morgan fingerprint density at radius 3 is 2.30 bits per heavy atom. The number of nitriles is 1. The molecule has 2 aromatic rings. The molecule has 0 saturated heterocycles. The summed E-state index contributed by atoms with van der Waals surface area (Å²) in [5, 5.41) is 9.25. The molecule has 1 aromatic heterocycles. The number of nitrogen functional groups attached to an aromatic ring is 1. The molecule has 0 bridgehead atoms. The fourth-order valence-corrected chi connectivity index (χ4v) is 2.25. The van der Waals surface area contributed by atoms with Gasteiger partial charge in [0, 0.05) is 5.56 Å². The van der Waals surface area contributed by atoms with E-state index in [0.717, 1.165) is 11.1 Å². The van der Waals surface area contributed by atoms with Gasteiger partial charge in [0.1, 0.15) is 17.4 Å². The number of nitrogens with zero attached hydrogens (tertiary/aromatic N) is 1. The van der Waals surface area contributed by atoms with Crippen molar-refractivity contribution in [2.45, 2.75) is 13.8 Å². The van der Waals surface area contributed by atoms with Crippen LogP contribution in [0.5, 0.6) is 11.5 Å². The summed E-state index contributed by atoms with van der Waals surface area (Å²) in [6, 6.07) is 5.77. The first-order valence-electron chi connectivity index (χ1n) is 6.05. The molecular weight excluding hydrogens is 256 g/mol. The van der Waals surface area contributed by atoms with Crippen LogP contribution in [0.15, 0.2) is 16.5 Å². The highest BCUT2D eigenvalue weighted by molar-refractivity contribution is 5.80. The fraction of sp³-hybridized carbons (Fsp3) is 0.267. The summed E-state index contributed by atoms with van der Waals surface area (Å²) in [6.07, 6.45) is 0. The molecule has 0 atom stereocenters. The number of nitrogens with two attached hydrogens (primary N) is 1. The highest BCUT2D eigenvalue weighted by atomic mass is 16.5. The zero-order chi connectivity index (χ0) is 14.9. The molecule has 104 valence electrons. The van der Waals surface area contributed by atoms with Crippen molar-refractivity contribution in [2.24, 2.45) is 0 Å². The van der Waals surface area contributed by atoms with E-state index in [1.54, 1.807) is 21.1 Å². The maximum absolute atomic E-state index is 9.25. The van der Waals surface area contributed by atoms with Crippen LogP contribution in [0, 0.1) is 25.2 Å². The number of hydrogen-bond acceptors (Lipinski definition) is 5. The minimum atomic E-state index is 0.134. The van der Waals surface area contributed by atoms with Crippen LogP contribution in [0.3, 0.4) is 0 Å². The topological polar surface area (TPSA) is 81.4 Å². The van der Waals surface area contributed by atoms with Crippen LogP contribution in [0.25, 0.3) is 11.1 Å². The second-order valence-corrected chi connectivity index (χ2v) is 4.41. The van der Waals surface area contributed by atoms with Crippen LogP contribution in [-0.4, -0.2) is 14.2 Å². The smallest absolute Gasteiger partial charge is 0.209 e. The lowest BCUT2D eigenvalue weighted by atomic mass is 9.97. The highest BCUT2D eigenvalue weighted by Gasteiger charge is 2.20. The lowest BCUT2D eigenvalue weighted by Gasteiger charge is -2.12. The Morgan fingerprint density at radius 2 is 1.75 bits per heavy atom. The van der Waals surface area contributed by atoms with E-state index in [2.05, 4.69) is 6.07 Å². The predicted molar refractivity (Wildman–Crippen MR) is 75.8 cm³/mol. The molecule has 0 aliphatic carbocycles. The average Bonchev–Trinajstić information content (AvgIpc) is 2.72. The first-order chi connectivity index (χ1) is 9.53. The summed E-state index contributed by atoms with van der Waals surface area (Å²) < 4.78 is 15.9. The van der Waals surface area contributed by atoms with E-state index in [9.17, 15) is 5.26 Å². The Labute approximate surface area is 117 Å². The van der Waals surface area contributed by atoms with Crippen molar-refractivity contribution < 1.29 is 13.9 Å². The van der Waals surface area contributed by atoms with Crippen molar-refractivity contribution in [1.29, 1.82) is 5.26 Å².